The Morgan fingerprint density at radius 3 is 2.74 bits per heavy atom. The molecule has 0 aliphatic carbocycles. The first-order chi connectivity index (χ1) is 11.0. The van der Waals surface area contributed by atoms with Crippen LogP contribution in [0.5, 0.6) is 0 Å². The molecular formula is C16H12Cl2N2O3. The van der Waals surface area contributed by atoms with E-state index in [1.54, 1.807) is 42.5 Å². The average molecular weight is 351 g/mol. The summed E-state index contributed by atoms with van der Waals surface area (Å²) in [6.45, 7) is 0.198. The molecule has 1 N–H and O–H groups in total. The molecule has 0 saturated carbocycles. The maximum atomic E-state index is 12.0. The highest BCUT2D eigenvalue weighted by Gasteiger charge is 2.12. The minimum atomic E-state index is -0.521. The smallest absolute Gasteiger partial charge is 0.408 e. The number of aromatic nitrogens is 1. The van der Waals surface area contributed by atoms with E-state index < -0.39 is 5.76 Å². The van der Waals surface area contributed by atoms with Gasteiger partial charge in [-0.2, -0.15) is 0 Å². The van der Waals surface area contributed by atoms with Gasteiger partial charge in [0.05, 0.1) is 16.2 Å². The lowest BCUT2D eigenvalue weighted by molar-refractivity contribution is -0.116. The average Bonchev–Trinajstić information content (AvgIpc) is 2.82. The van der Waals surface area contributed by atoms with E-state index >= 15 is 0 Å². The van der Waals surface area contributed by atoms with Crippen LogP contribution >= 0.6 is 23.2 Å². The second kappa shape index (κ2) is 6.48. The van der Waals surface area contributed by atoms with E-state index in [9.17, 15) is 9.59 Å². The molecule has 23 heavy (non-hydrogen) atoms. The van der Waals surface area contributed by atoms with Crippen LogP contribution in [0.4, 0.5) is 5.69 Å². The Labute approximate surface area is 141 Å². The fourth-order valence-electron chi connectivity index (χ4n) is 2.24. The maximum absolute atomic E-state index is 12.0. The second-order valence-corrected chi connectivity index (χ2v) is 5.75. The molecule has 1 heterocycles. The van der Waals surface area contributed by atoms with Gasteiger partial charge in [-0.25, -0.2) is 4.79 Å². The topological polar surface area (TPSA) is 64.2 Å². The van der Waals surface area contributed by atoms with Gasteiger partial charge in [-0.1, -0.05) is 35.3 Å². The first-order valence-electron chi connectivity index (χ1n) is 6.88. The van der Waals surface area contributed by atoms with E-state index in [1.165, 1.54) is 4.57 Å². The van der Waals surface area contributed by atoms with Crippen LogP contribution in [-0.4, -0.2) is 10.5 Å². The highest BCUT2D eigenvalue weighted by atomic mass is 35.5. The molecule has 0 unspecified atom stereocenters. The summed E-state index contributed by atoms with van der Waals surface area (Å²) in [4.78, 5) is 23.9. The summed E-state index contributed by atoms with van der Waals surface area (Å²) < 4.78 is 6.52. The zero-order valence-electron chi connectivity index (χ0n) is 11.9. The Hall–Kier alpha value is -2.24. The third-order valence-corrected chi connectivity index (χ3v) is 3.91. The lowest BCUT2D eigenvalue weighted by Gasteiger charge is -2.07. The largest absolute Gasteiger partial charge is 0.419 e. The quantitative estimate of drug-likeness (QED) is 0.775. The molecule has 1 aromatic heterocycles. The van der Waals surface area contributed by atoms with Crippen molar-refractivity contribution in [1.29, 1.82) is 0 Å². The van der Waals surface area contributed by atoms with Gasteiger partial charge in [-0.15, -0.1) is 0 Å². The van der Waals surface area contributed by atoms with Gasteiger partial charge < -0.3 is 9.73 Å². The molecule has 118 valence electrons. The van der Waals surface area contributed by atoms with Gasteiger partial charge in [-0.3, -0.25) is 9.36 Å². The van der Waals surface area contributed by atoms with Gasteiger partial charge in [0.2, 0.25) is 5.91 Å². The number of rotatable bonds is 4. The summed E-state index contributed by atoms with van der Waals surface area (Å²) in [5.41, 5.74) is 1.54. The van der Waals surface area contributed by atoms with Gasteiger partial charge in [0.1, 0.15) is 0 Å². The highest BCUT2D eigenvalue weighted by Crippen LogP contribution is 2.21. The van der Waals surface area contributed by atoms with Crippen molar-refractivity contribution in [2.24, 2.45) is 0 Å². The number of nitrogens with zero attached hydrogens (tertiary/aromatic N) is 1. The summed E-state index contributed by atoms with van der Waals surface area (Å²) in [6, 6.07) is 11.9. The Balaban J connectivity index is 1.73. The van der Waals surface area contributed by atoms with Crippen LogP contribution in [0, 0.1) is 0 Å². The number of para-hydroxylation sites is 1. The summed E-state index contributed by atoms with van der Waals surface area (Å²) >= 11 is 11.9. The van der Waals surface area contributed by atoms with E-state index in [0.29, 0.717) is 26.8 Å². The summed E-state index contributed by atoms with van der Waals surface area (Å²) in [5.74, 6) is -0.763. The number of fused-ring (bicyclic) bond motifs is 1. The summed E-state index contributed by atoms with van der Waals surface area (Å²) in [5, 5.41) is 3.65. The number of hydrogen-bond donors (Lipinski definition) is 1. The Morgan fingerprint density at radius 2 is 1.96 bits per heavy atom. The molecule has 3 rings (SSSR count). The molecule has 1 amide bonds. The van der Waals surface area contributed by atoms with Crippen LogP contribution in [0.15, 0.2) is 51.7 Å². The monoisotopic (exact) mass is 350 g/mol. The molecule has 0 aliphatic heterocycles. The van der Waals surface area contributed by atoms with Crippen LogP contribution in [0.3, 0.4) is 0 Å². The predicted octanol–water partition coefficient (Wildman–Crippen LogP) is 3.93. The van der Waals surface area contributed by atoms with E-state index in [2.05, 4.69) is 5.32 Å². The third-order valence-electron chi connectivity index (χ3n) is 3.34. The zero-order valence-corrected chi connectivity index (χ0v) is 13.4. The molecule has 0 aliphatic rings. The van der Waals surface area contributed by atoms with E-state index in [0.717, 1.165) is 0 Å². The fourth-order valence-corrected chi connectivity index (χ4v) is 2.59. The van der Waals surface area contributed by atoms with Crippen LogP contribution in [0.1, 0.15) is 6.42 Å². The predicted molar refractivity (Wildman–Crippen MR) is 90.2 cm³/mol. The molecule has 7 heteroatoms. The molecule has 2 aromatic carbocycles. The molecule has 0 spiro atoms. The van der Waals surface area contributed by atoms with Crippen molar-refractivity contribution in [1.82, 2.24) is 4.57 Å². The first-order valence-corrected chi connectivity index (χ1v) is 7.63. The van der Waals surface area contributed by atoms with E-state index in [-0.39, 0.29) is 18.9 Å². The molecule has 5 nitrogen and oxygen atoms in total. The number of halogens is 2. The van der Waals surface area contributed by atoms with Gasteiger partial charge >= 0.3 is 5.76 Å². The second-order valence-electron chi connectivity index (χ2n) is 4.91. The van der Waals surface area contributed by atoms with Crippen LogP contribution in [0.2, 0.25) is 10.0 Å². The Bertz CT molecular complexity index is 930. The van der Waals surface area contributed by atoms with Crippen LogP contribution in [0.25, 0.3) is 11.1 Å². The number of aryl methyl sites for hydroxylation is 1. The van der Waals surface area contributed by atoms with Gasteiger partial charge in [0, 0.05) is 24.1 Å². The number of nitrogens with one attached hydrogen (secondary N) is 1. The van der Waals surface area contributed by atoms with Gasteiger partial charge in [0.25, 0.3) is 0 Å². The van der Waals surface area contributed by atoms with E-state index in [4.69, 9.17) is 27.6 Å². The normalized spacial score (nSPS) is 10.9. The van der Waals surface area contributed by atoms with Crippen molar-refractivity contribution in [3.05, 3.63) is 63.1 Å². The minimum absolute atomic E-state index is 0.113. The van der Waals surface area contributed by atoms with Crippen molar-refractivity contribution in [2.75, 3.05) is 5.32 Å². The zero-order chi connectivity index (χ0) is 16.4. The van der Waals surface area contributed by atoms with Gasteiger partial charge in [-0.05, 0) is 24.3 Å². The van der Waals surface area contributed by atoms with Crippen molar-refractivity contribution >= 4 is 45.9 Å². The van der Waals surface area contributed by atoms with Crippen molar-refractivity contribution in [2.45, 2.75) is 13.0 Å². The number of benzene rings is 2. The number of carbonyl (C=O) groups excluding carboxylic acids is 1. The number of oxazole rings is 1. The molecule has 0 fully saturated rings. The maximum Gasteiger partial charge on any atom is 0.419 e. The van der Waals surface area contributed by atoms with Gasteiger partial charge in [0.15, 0.2) is 5.58 Å². The molecule has 0 bridgehead atoms. The fraction of sp³-hybridized carbons (Fsp3) is 0.125. The Kier molecular flexibility index (Phi) is 4.41. The number of carbonyl (C=O) groups is 1. The number of amides is 1. The lowest BCUT2D eigenvalue weighted by Crippen LogP contribution is -2.19. The van der Waals surface area contributed by atoms with Crippen molar-refractivity contribution in [3.63, 3.8) is 0 Å². The summed E-state index contributed by atoms with van der Waals surface area (Å²) in [6.07, 6.45) is 0.113. The number of hydrogen-bond acceptors (Lipinski definition) is 3. The molecule has 0 atom stereocenters. The standard InChI is InChI=1S/C16H12Cl2N2O3/c17-10-5-6-13-14(9-10)23-16(22)20(13)8-7-15(21)19-12-4-2-1-3-11(12)18/h1-6,9H,7-8H2,(H,19,21). The minimum Gasteiger partial charge on any atom is -0.408 e. The van der Waals surface area contributed by atoms with E-state index in [1.807, 2.05) is 0 Å². The van der Waals surface area contributed by atoms with Crippen LogP contribution < -0.4 is 11.1 Å². The molecule has 3 aromatic rings. The first kappa shape index (κ1) is 15.6. The highest BCUT2D eigenvalue weighted by molar-refractivity contribution is 6.33. The Morgan fingerprint density at radius 1 is 1.17 bits per heavy atom. The third kappa shape index (κ3) is 3.41. The number of anilines is 1. The summed E-state index contributed by atoms with van der Waals surface area (Å²) in [7, 11) is 0. The van der Waals surface area contributed by atoms with Crippen LogP contribution in [-0.2, 0) is 11.3 Å². The SMILES string of the molecule is O=C(CCn1c(=O)oc2cc(Cl)ccc21)Nc1ccccc1Cl. The lowest BCUT2D eigenvalue weighted by atomic mass is 10.3. The molecule has 0 radical (unpaired) electrons. The molecule has 0 saturated heterocycles. The molecular weight excluding hydrogens is 339 g/mol. The van der Waals surface area contributed by atoms with Crippen molar-refractivity contribution < 1.29 is 9.21 Å². The van der Waals surface area contributed by atoms with Crippen molar-refractivity contribution in [3.8, 4) is 0 Å².